The van der Waals surface area contributed by atoms with Crippen molar-refractivity contribution in [1.82, 2.24) is 5.32 Å². The second-order valence-corrected chi connectivity index (χ2v) is 1.80. The van der Waals surface area contributed by atoms with Crippen LogP contribution in [0.1, 0.15) is 6.92 Å². The van der Waals surface area contributed by atoms with Crippen molar-refractivity contribution in [3.8, 4) is 0 Å². The first-order valence-electron chi connectivity index (χ1n) is 2.62. The van der Waals surface area contributed by atoms with Gasteiger partial charge in [-0.1, -0.05) is 11.6 Å². The normalized spacial score (nSPS) is 12.8. The van der Waals surface area contributed by atoms with Crippen LogP contribution >= 0.6 is 11.6 Å². The summed E-state index contributed by atoms with van der Waals surface area (Å²) in [5, 5.41) is 2.72. The molecule has 0 aliphatic heterocycles. The summed E-state index contributed by atoms with van der Waals surface area (Å²) in [6.07, 6.45) is 0. The molecule has 9 heavy (non-hydrogen) atoms. The highest BCUT2D eigenvalue weighted by Gasteiger charge is 2.09. The van der Waals surface area contributed by atoms with Crippen LogP contribution in [-0.2, 0) is 9.53 Å². The first-order valence-corrected chi connectivity index (χ1v) is 3.15. The zero-order chi connectivity index (χ0) is 7.28. The van der Waals surface area contributed by atoms with Gasteiger partial charge in [0.15, 0.2) is 6.07 Å². The number of esters is 1. The van der Waals surface area contributed by atoms with Gasteiger partial charge in [0.25, 0.3) is 0 Å². The summed E-state index contributed by atoms with van der Waals surface area (Å²) in [4.78, 5) is 10.6. The smallest absolute Gasteiger partial charge is 0.324 e. The summed E-state index contributed by atoms with van der Waals surface area (Å²) < 4.78 is 4.46. The molecule has 0 rings (SSSR count). The maximum absolute atomic E-state index is 10.6. The summed E-state index contributed by atoms with van der Waals surface area (Å²) in [6.45, 7) is 1.70. The van der Waals surface area contributed by atoms with Crippen LogP contribution in [0.4, 0.5) is 0 Å². The first kappa shape index (κ1) is 8.72. The number of carbonyl (C=O) groups excluding carboxylic acids is 1. The van der Waals surface area contributed by atoms with Crippen molar-refractivity contribution in [3.63, 3.8) is 0 Å². The third kappa shape index (κ3) is 3.32. The number of rotatable bonds is 3. The van der Waals surface area contributed by atoms with E-state index >= 15 is 0 Å². The van der Waals surface area contributed by atoms with E-state index < -0.39 is 0 Å². The maximum atomic E-state index is 10.6. The molecule has 0 aromatic rings. The second kappa shape index (κ2) is 4.58. The molecule has 0 spiro atoms. The van der Waals surface area contributed by atoms with Crippen molar-refractivity contribution in [1.29, 1.82) is 0 Å². The van der Waals surface area contributed by atoms with Crippen LogP contribution < -0.4 is 5.32 Å². The lowest BCUT2D eigenvalue weighted by molar-refractivity contribution is -0.143. The highest BCUT2D eigenvalue weighted by atomic mass is 35.5. The summed E-state index contributed by atoms with van der Waals surface area (Å²) in [5.74, 6) is -0.326. The zero-order valence-corrected chi connectivity index (χ0v) is 6.23. The molecule has 0 aromatic heterocycles. The van der Waals surface area contributed by atoms with E-state index in [1.807, 2.05) is 0 Å². The Labute approximate surface area is 59.3 Å². The predicted molar refractivity (Wildman–Crippen MR) is 35.3 cm³/mol. The number of hydrogen-bond acceptors (Lipinski definition) is 3. The molecule has 1 N–H and O–H groups in total. The fraction of sp³-hybridized carbons (Fsp3) is 0.800. The first-order chi connectivity index (χ1) is 4.22. The molecule has 3 nitrogen and oxygen atoms in total. The van der Waals surface area contributed by atoms with Gasteiger partial charge in [0.05, 0.1) is 0 Å². The van der Waals surface area contributed by atoms with Crippen molar-refractivity contribution in [2.75, 3.05) is 13.1 Å². The van der Waals surface area contributed by atoms with Gasteiger partial charge in [-0.25, -0.2) is 0 Å². The van der Waals surface area contributed by atoms with Crippen LogP contribution in [0.2, 0.25) is 0 Å². The number of nitrogens with one attached hydrogen (secondary N) is 1. The predicted octanol–water partition coefficient (Wildman–Crippen LogP) is 0.334. The molecule has 0 bridgehead atoms. The largest absolute Gasteiger partial charge is 0.448 e. The van der Waals surface area contributed by atoms with E-state index in [0.29, 0.717) is 0 Å². The van der Waals surface area contributed by atoms with Crippen molar-refractivity contribution in [2.45, 2.75) is 13.0 Å². The molecule has 0 aliphatic carbocycles. The van der Waals surface area contributed by atoms with E-state index in [9.17, 15) is 4.79 Å². The molecule has 0 saturated heterocycles. The fourth-order valence-corrected chi connectivity index (χ4v) is 0.404. The summed E-state index contributed by atoms with van der Waals surface area (Å²) in [7, 11) is 1.68. The highest BCUT2D eigenvalue weighted by Crippen LogP contribution is 1.87. The van der Waals surface area contributed by atoms with Crippen molar-refractivity contribution in [3.05, 3.63) is 0 Å². The topological polar surface area (TPSA) is 38.3 Å². The van der Waals surface area contributed by atoms with E-state index in [1.165, 1.54) is 0 Å². The minimum absolute atomic E-state index is 0.0785. The lowest BCUT2D eigenvalue weighted by atomic mass is 10.4. The Morgan fingerprint density at radius 1 is 1.89 bits per heavy atom. The van der Waals surface area contributed by atoms with Gasteiger partial charge in [-0.3, -0.25) is 4.79 Å². The maximum Gasteiger partial charge on any atom is 0.324 e. The molecule has 0 aliphatic rings. The van der Waals surface area contributed by atoms with E-state index in [2.05, 4.69) is 10.1 Å². The monoisotopic (exact) mass is 151 g/mol. The third-order valence-electron chi connectivity index (χ3n) is 0.983. The number of halogens is 1. The molecule has 54 valence electrons. The van der Waals surface area contributed by atoms with Crippen molar-refractivity contribution in [2.24, 2.45) is 0 Å². The van der Waals surface area contributed by atoms with Gasteiger partial charge in [-0.2, -0.15) is 0 Å². The van der Waals surface area contributed by atoms with Crippen LogP contribution in [0.3, 0.4) is 0 Å². The molecule has 4 heteroatoms. The summed E-state index contributed by atoms with van der Waals surface area (Å²) >= 11 is 5.13. The molecular weight excluding hydrogens is 142 g/mol. The molecular formula is C5H10ClNO2. The number of hydrogen-bond donors (Lipinski definition) is 1. The Bertz CT molecular complexity index is 97.0. The van der Waals surface area contributed by atoms with Gasteiger partial charge >= 0.3 is 5.97 Å². The van der Waals surface area contributed by atoms with Crippen LogP contribution in [0.5, 0.6) is 0 Å². The summed E-state index contributed by atoms with van der Waals surface area (Å²) in [5.41, 5.74) is 0. The molecule has 1 atom stereocenters. The highest BCUT2D eigenvalue weighted by molar-refractivity contribution is 6.17. The lowest BCUT2D eigenvalue weighted by Gasteiger charge is -2.06. The quantitative estimate of drug-likeness (QED) is 0.467. The summed E-state index contributed by atoms with van der Waals surface area (Å²) in [6, 6.07) is -0.353. The van der Waals surface area contributed by atoms with Gasteiger partial charge in [-0.05, 0) is 14.0 Å². The minimum Gasteiger partial charge on any atom is -0.448 e. The SMILES string of the molecule is CNC(C)C(=O)OCCl. The molecule has 0 amide bonds. The van der Waals surface area contributed by atoms with E-state index in [4.69, 9.17) is 11.6 Å². The van der Waals surface area contributed by atoms with Crippen LogP contribution in [0.25, 0.3) is 0 Å². The standard InChI is InChI=1S/C5H10ClNO2/c1-4(7-2)5(8)9-3-6/h4,7H,3H2,1-2H3. The molecule has 0 aromatic carbocycles. The Kier molecular flexibility index (Phi) is 4.44. The van der Waals surface area contributed by atoms with Gasteiger partial charge in [0.2, 0.25) is 0 Å². The number of likely N-dealkylation sites (N-methyl/N-ethyl adjacent to an activating group) is 1. The Morgan fingerprint density at radius 3 is 2.78 bits per heavy atom. The molecule has 0 fully saturated rings. The van der Waals surface area contributed by atoms with Crippen molar-refractivity contribution < 1.29 is 9.53 Å². The van der Waals surface area contributed by atoms with Crippen LogP contribution in [-0.4, -0.2) is 25.1 Å². The van der Waals surface area contributed by atoms with Gasteiger partial charge in [0, 0.05) is 0 Å². The Morgan fingerprint density at radius 2 is 2.44 bits per heavy atom. The second-order valence-electron chi connectivity index (χ2n) is 1.58. The van der Waals surface area contributed by atoms with Crippen molar-refractivity contribution >= 4 is 17.6 Å². The van der Waals surface area contributed by atoms with E-state index in [-0.39, 0.29) is 18.1 Å². The number of ether oxygens (including phenoxy) is 1. The third-order valence-corrected chi connectivity index (χ3v) is 1.09. The molecule has 0 saturated carbocycles. The Balaban J connectivity index is 3.46. The fourth-order valence-electron chi connectivity index (χ4n) is 0.297. The lowest BCUT2D eigenvalue weighted by Crippen LogP contribution is -2.32. The molecule has 0 radical (unpaired) electrons. The van der Waals surface area contributed by atoms with Crippen LogP contribution in [0.15, 0.2) is 0 Å². The average Bonchev–Trinajstić information content (AvgIpc) is 1.87. The molecule has 1 unspecified atom stereocenters. The van der Waals surface area contributed by atoms with E-state index in [1.54, 1.807) is 14.0 Å². The van der Waals surface area contributed by atoms with Gasteiger partial charge in [0.1, 0.15) is 6.04 Å². The van der Waals surface area contributed by atoms with Gasteiger partial charge < -0.3 is 10.1 Å². The zero-order valence-electron chi connectivity index (χ0n) is 5.48. The Hall–Kier alpha value is -0.280. The molecule has 0 heterocycles. The van der Waals surface area contributed by atoms with E-state index in [0.717, 1.165) is 0 Å². The number of alkyl halides is 1. The average molecular weight is 152 g/mol. The van der Waals surface area contributed by atoms with Gasteiger partial charge in [-0.15, -0.1) is 0 Å². The minimum atomic E-state index is -0.326. The number of carbonyl (C=O) groups is 1. The van der Waals surface area contributed by atoms with Crippen LogP contribution in [0, 0.1) is 0 Å².